The van der Waals surface area contributed by atoms with Crippen molar-refractivity contribution in [2.45, 2.75) is 6.42 Å². The molecule has 1 heterocycles. The van der Waals surface area contributed by atoms with Gasteiger partial charge in [-0.1, -0.05) is 30.3 Å². The van der Waals surface area contributed by atoms with Crippen molar-refractivity contribution in [3.8, 4) is 0 Å². The SMILES string of the molecule is O.O=C1CC=Nc2ccc3cc4ccccc4cc3c21. The summed E-state index contributed by atoms with van der Waals surface area (Å²) in [5.74, 6) is 0.158. The molecule has 3 nitrogen and oxygen atoms in total. The molecule has 0 bridgehead atoms. The minimum absolute atomic E-state index is 0. The maximum Gasteiger partial charge on any atom is 0.170 e. The largest absolute Gasteiger partial charge is 0.412 e. The normalized spacial score (nSPS) is 13.3. The summed E-state index contributed by atoms with van der Waals surface area (Å²) in [5, 5.41) is 4.47. The van der Waals surface area contributed by atoms with E-state index in [0.717, 1.165) is 27.4 Å². The predicted molar refractivity (Wildman–Crippen MR) is 82.2 cm³/mol. The van der Waals surface area contributed by atoms with Gasteiger partial charge in [0.25, 0.3) is 0 Å². The van der Waals surface area contributed by atoms with Crippen molar-refractivity contribution in [3.63, 3.8) is 0 Å². The van der Waals surface area contributed by atoms with Crippen LogP contribution < -0.4 is 0 Å². The molecule has 0 unspecified atom stereocenters. The zero-order valence-electron chi connectivity index (χ0n) is 10.8. The molecule has 0 atom stereocenters. The molecule has 98 valence electrons. The molecule has 3 heteroatoms. The van der Waals surface area contributed by atoms with Crippen LogP contribution in [0.5, 0.6) is 0 Å². The Morgan fingerprint density at radius 2 is 1.65 bits per heavy atom. The highest BCUT2D eigenvalue weighted by Gasteiger charge is 2.17. The fraction of sp³-hybridized carbons (Fsp3) is 0.0588. The first kappa shape index (κ1) is 12.5. The smallest absolute Gasteiger partial charge is 0.170 e. The first-order chi connectivity index (χ1) is 9.33. The van der Waals surface area contributed by atoms with Crippen LogP contribution in [0.3, 0.4) is 0 Å². The van der Waals surface area contributed by atoms with Gasteiger partial charge in [0.2, 0.25) is 0 Å². The van der Waals surface area contributed by atoms with Crippen LogP contribution in [0, 0.1) is 0 Å². The number of hydrogen-bond donors (Lipinski definition) is 0. The van der Waals surface area contributed by atoms with Crippen LogP contribution in [0.1, 0.15) is 16.8 Å². The zero-order chi connectivity index (χ0) is 12.8. The van der Waals surface area contributed by atoms with Crippen molar-refractivity contribution in [1.82, 2.24) is 0 Å². The fourth-order valence-corrected chi connectivity index (χ4v) is 2.73. The summed E-state index contributed by atoms with van der Waals surface area (Å²) < 4.78 is 0. The Balaban J connectivity index is 0.00000121. The number of fused-ring (bicyclic) bond motifs is 4. The van der Waals surface area contributed by atoms with Crippen molar-refractivity contribution in [2.75, 3.05) is 0 Å². The molecule has 0 aromatic heterocycles. The van der Waals surface area contributed by atoms with E-state index >= 15 is 0 Å². The van der Waals surface area contributed by atoms with Gasteiger partial charge in [0, 0.05) is 12.6 Å². The molecule has 1 aliphatic rings. The number of aliphatic imine (C=N–C) groups is 1. The third-order valence-electron chi connectivity index (χ3n) is 3.65. The number of carbonyl (C=O) groups is 1. The van der Waals surface area contributed by atoms with Gasteiger partial charge in [-0.15, -0.1) is 0 Å². The van der Waals surface area contributed by atoms with Crippen molar-refractivity contribution < 1.29 is 10.3 Å². The lowest BCUT2D eigenvalue weighted by Crippen LogP contribution is -2.05. The highest BCUT2D eigenvalue weighted by Crippen LogP contribution is 2.33. The fourth-order valence-electron chi connectivity index (χ4n) is 2.73. The highest BCUT2D eigenvalue weighted by molar-refractivity contribution is 6.19. The molecule has 3 aromatic rings. The van der Waals surface area contributed by atoms with Crippen molar-refractivity contribution in [2.24, 2.45) is 4.99 Å². The predicted octanol–water partition coefficient (Wildman–Crippen LogP) is 3.46. The molecule has 20 heavy (non-hydrogen) atoms. The van der Waals surface area contributed by atoms with Gasteiger partial charge >= 0.3 is 0 Å². The molecule has 3 aromatic carbocycles. The molecule has 0 aliphatic carbocycles. The van der Waals surface area contributed by atoms with Crippen LogP contribution in [0.15, 0.2) is 53.5 Å². The van der Waals surface area contributed by atoms with E-state index in [2.05, 4.69) is 29.3 Å². The van der Waals surface area contributed by atoms with E-state index in [1.165, 1.54) is 5.39 Å². The Morgan fingerprint density at radius 1 is 0.900 bits per heavy atom. The summed E-state index contributed by atoms with van der Waals surface area (Å²) in [6.45, 7) is 0. The zero-order valence-corrected chi connectivity index (χ0v) is 10.8. The van der Waals surface area contributed by atoms with Crippen molar-refractivity contribution in [3.05, 3.63) is 54.1 Å². The third-order valence-corrected chi connectivity index (χ3v) is 3.65. The number of benzene rings is 3. The van der Waals surface area contributed by atoms with Gasteiger partial charge in [0.15, 0.2) is 5.78 Å². The summed E-state index contributed by atoms with van der Waals surface area (Å²) in [6, 6.07) is 16.4. The van der Waals surface area contributed by atoms with Crippen LogP contribution in [-0.2, 0) is 0 Å². The van der Waals surface area contributed by atoms with E-state index in [1.54, 1.807) is 6.21 Å². The molecule has 0 saturated heterocycles. The number of hydrogen-bond acceptors (Lipinski definition) is 2. The molecule has 0 radical (unpaired) electrons. The van der Waals surface area contributed by atoms with Gasteiger partial charge in [-0.05, 0) is 39.7 Å². The lowest BCUT2D eigenvalue weighted by molar-refractivity contribution is 0.100. The average Bonchev–Trinajstić information content (AvgIpc) is 2.45. The van der Waals surface area contributed by atoms with Gasteiger partial charge in [-0.3, -0.25) is 9.79 Å². The Labute approximate surface area is 115 Å². The Kier molecular flexibility index (Phi) is 2.84. The van der Waals surface area contributed by atoms with Gasteiger partial charge in [-0.25, -0.2) is 0 Å². The quantitative estimate of drug-likeness (QED) is 0.573. The molecular formula is C17H13NO2. The highest BCUT2D eigenvalue weighted by atomic mass is 16.1. The average molecular weight is 263 g/mol. The summed E-state index contributed by atoms with van der Waals surface area (Å²) in [4.78, 5) is 16.5. The molecule has 1 aliphatic heterocycles. The molecule has 4 rings (SSSR count). The number of ketones is 1. The maximum absolute atomic E-state index is 12.1. The van der Waals surface area contributed by atoms with Gasteiger partial charge < -0.3 is 5.48 Å². The van der Waals surface area contributed by atoms with E-state index in [9.17, 15) is 4.79 Å². The molecule has 0 saturated carbocycles. The Hall–Kier alpha value is -2.52. The monoisotopic (exact) mass is 263 g/mol. The number of nitrogens with zero attached hydrogens (tertiary/aromatic N) is 1. The van der Waals surface area contributed by atoms with E-state index in [-0.39, 0.29) is 11.3 Å². The van der Waals surface area contributed by atoms with Crippen LogP contribution in [0.25, 0.3) is 21.5 Å². The summed E-state index contributed by atoms with van der Waals surface area (Å²) in [7, 11) is 0. The first-order valence-electron chi connectivity index (χ1n) is 6.34. The topological polar surface area (TPSA) is 60.9 Å². The lowest BCUT2D eigenvalue weighted by Gasteiger charge is -2.12. The molecular weight excluding hydrogens is 250 g/mol. The standard InChI is InChI=1S/C17H11NO.H2O/c19-16-7-8-18-15-6-5-13-9-11-3-1-2-4-12(11)10-14(13)17(15)16;/h1-6,8-10H,7H2;1H2. The van der Waals surface area contributed by atoms with Gasteiger partial charge in [-0.2, -0.15) is 0 Å². The van der Waals surface area contributed by atoms with E-state index in [0.29, 0.717) is 6.42 Å². The van der Waals surface area contributed by atoms with Gasteiger partial charge in [0.05, 0.1) is 11.3 Å². The second-order valence-corrected chi connectivity index (χ2v) is 4.82. The van der Waals surface area contributed by atoms with Crippen LogP contribution in [-0.4, -0.2) is 17.5 Å². The second-order valence-electron chi connectivity index (χ2n) is 4.82. The van der Waals surface area contributed by atoms with Gasteiger partial charge in [0.1, 0.15) is 0 Å². The molecule has 0 amide bonds. The molecule has 2 N–H and O–H groups in total. The van der Waals surface area contributed by atoms with Crippen molar-refractivity contribution >= 4 is 39.2 Å². The molecule has 0 spiro atoms. The number of carbonyl (C=O) groups excluding carboxylic acids is 1. The lowest BCUT2D eigenvalue weighted by atomic mass is 9.94. The number of rotatable bonds is 0. The first-order valence-corrected chi connectivity index (χ1v) is 6.34. The van der Waals surface area contributed by atoms with Crippen LogP contribution in [0.4, 0.5) is 5.69 Å². The minimum atomic E-state index is 0. The summed E-state index contributed by atoms with van der Waals surface area (Å²) >= 11 is 0. The molecule has 0 fully saturated rings. The number of Topliss-reactive ketones (excluding diaryl/α,β-unsaturated/α-hetero) is 1. The second kappa shape index (κ2) is 4.54. The van der Waals surface area contributed by atoms with E-state index < -0.39 is 0 Å². The minimum Gasteiger partial charge on any atom is -0.412 e. The van der Waals surface area contributed by atoms with E-state index in [1.807, 2.05) is 24.3 Å². The third kappa shape index (κ3) is 1.72. The Morgan fingerprint density at radius 3 is 2.45 bits per heavy atom. The maximum atomic E-state index is 12.1. The van der Waals surface area contributed by atoms with Crippen molar-refractivity contribution in [1.29, 1.82) is 0 Å². The van der Waals surface area contributed by atoms with Crippen LogP contribution in [0.2, 0.25) is 0 Å². The van der Waals surface area contributed by atoms with E-state index in [4.69, 9.17) is 0 Å². The summed E-state index contributed by atoms with van der Waals surface area (Å²) in [6.07, 6.45) is 2.09. The Bertz CT molecular complexity index is 865. The summed E-state index contributed by atoms with van der Waals surface area (Å²) in [5.41, 5.74) is 1.56. The van der Waals surface area contributed by atoms with Crippen LogP contribution >= 0.6 is 0 Å².